The summed E-state index contributed by atoms with van der Waals surface area (Å²) in [5.41, 5.74) is 1.67. The molecule has 1 saturated heterocycles. The maximum absolute atomic E-state index is 15.6. The summed E-state index contributed by atoms with van der Waals surface area (Å²) in [6.45, 7) is 22.2. The first kappa shape index (κ1) is 34.8. The van der Waals surface area contributed by atoms with Crippen LogP contribution in [0.15, 0.2) is 42.5 Å². The average Bonchev–Trinajstić information content (AvgIpc) is 3.47. The molecule has 49 heavy (non-hydrogen) atoms. The van der Waals surface area contributed by atoms with E-state index in [4.69, 9.17) is 4.74 Å². The molecule has 1 aromatic carbocycles. The lowest BCUT2D eigenvalue weighted by Gasteiger charge is -2.73. The number of fused-ring (bicyclic) bond motifs is 7. The number of carbonyl (C=O) groups excluding carboxylic acids is 2. The summed E-state index contributed by atoms with van der Waals surface area (Å²) in [6, 6.07) is 13.0. The second-order valence-corrected chi connectivity index (χ2v) is 19.1. The van der Waals surface area contributed by atoms with Crippen molar-refractivity contribution in [3.05, 3.63) is 48.0 Å². The number of allylic oxidation sites excluding steroid dienone is 1. The molecule has 1 amide bonds. The first-order valence-electron chi connectivity index (χ1n) is 19.7. The number of benzene rings is 1. The molecule has 7 rings (SSSR count). The van der Waals surface area contributed by atoms with Crippen molar-refractivity contribution in [2.75, 3.05) is 13.1 Å². The fourth-order valence-corrected chi connectivity index (χ4v) is 14.8. The van der Waals surface area contributed by atoms with Crippen molar-refractivity contribution in [2.45, 2.75) is 137 Å². The highest BCUT2D eigenvalue weighted by atomic mass is 16.5. The van der Waals surface area contributed by atoms with Crippen LogP contribution in [0.1, 0.15) is 131 Å². The molecule has 266 valence electrons. The molecule has 0 radical (unpaired) electrons. The first-order valence-corrected chi connectivity index (χ1v) is 19.7. The number of nitriles is 1. The summed E-state index contributed by atoms with van der Waals surface area (Å²) < 4.78 is 5.98. The van der Waals surface area contributed by atoms with Gasteiger partial charge in [-0.3, -0.25) is 9.59 Å². The van der Waals surface area contributed by atoms with Crippen LogP contribution in [-0.2, 0) is 19.7 Å². The highest BCUT2D eigenvalue weighted by molar-refractivity contribution is 5.85. The third kappa shape index (κ3) is 4.66. The summed E-state index contributed by atoms with van der Waals surface area (Å²) in [7, 11) is 0. The molecule has 1 aliphatic heterocycles. The van der Waals surface area contributed by atoms with Crippen molar-refractivity contribution in [2.24, 2.45) is 56.7 Å². The Morgan fingerprint density at radius 1 is 0.796 bits per heavy atom. The third-order valence-corrected chi connectivity index (χ3v) is 17.2. The fraction of sp³-hybridized carbons (Fsp3) is 0.750. The van der Waals surface area contributed by atoms with Gasteiger partial charge in [0, 0.05) is 25.4 Å². The number of rotatable bonds is 4. The van der Waals surface area contributed by atoms with Crippen LogP contribution in [-0.4, -0.2) is 36.0 Å². The smallest absolute Gasteiger partial charge is 0.302 e. The van der Waals surface area contributed by atoms with E-state index < -0.39 is 10.8 Å². The second-order valence-electron chi connectivity index (χ2n) is 19.1. The van der Waals surface area contributed by atoms with Crippen molar-refractivity contribution in [1.82, 2.24) is 4.90 Å². The third-order valence-electron chi connectivity index (χ3n) is 17.2. The predicted octanol–water partition coefficient (Wildman–Crippen LogP) is 9.66. The molecule has 1 aromatic rings. The molecule has 0 aromatic heterocycles. The molecular weight excluding hydrogens is 604 g/mol. The number of piperidine rings is 1. The highest BCUT2D eigenvalue weighted by Crippen LogP contribution is 2.78. The summed E-state index contributed by atoms with van der Waals surface area (Å²) in [6.07, 6.45) is 12.6. The maximum atomic E-state index is 15.6. The van der Waals surface area contributed by atoms with E-state index in [1.165, 1.54) is 24.8 Å². The Hall–Kier alpha value is -2.61. The van der Waals surface area contributed by atoms with E-state index in [0.29, 0.717) is 55.5 Å². The van der Waals surface area contributed by atoms with Gasteiger partial charge in [0.2, 0.25) is 5.91 Å². The number of esters is 1. The summed E-state index contributed by atoms with van der Waals surface area (Å²) >= 11 is 0. The van der Waals surface area contributed by atoms with E-state index in [2.05, 4.69) is 71.2 Å². The van der Waals surface area contributed by atoms with E-state index in [0.717, 1.165) is 50.5 Å². The summed E-state index contributed by atoms with van der Waals surface area (Å²) in [4.78, 5) is 30.0. The van der Waals surface area contributed by atoms with Gasteiger partial charge in [-0.15, -0.1) is 0 Å². The molecule has 5 aliphatic carbocycles. The van der Waals surface area contributed by atoms with Gasteiger partial charge in [0.1, 0.15) is 6.10 Å². The Morgan fingerprint density at radius 3 is 2.06 bits per heavy atom. The lowest BCUT2D eigenvalue weighted by atomic mass is 9.31. The van der Waals surface area contributed by atoms with Crippen molar-refractivity contribution < 1.29 is 14.3 Å². The van der Waals surface area contributed by atoms with E-state index in [-0.39, 0.29) is 39.7 Å². The number of hydrogen-bond acceptors (Lipinski definition) is 4. The minimum absolute atomic E-state index is 0.0169. The summed E-state index contributed by atoms with van der Waals surface area (Å²) in [5.74, 6) is 2.29. The molecule has 0 spiro atoms. The van der Waals surface area contributed by atoms with Gasteiger partial charge in [-0.25, -0.2) is 0 Å². The lowest BCUT2D eigenvalue weighted by molar-refractivity contribution is -0.256. The normalized spacial score (nSPS) is 43.5. The summed E-state index contributed by atoms with van der Waals surface area (Å²) in [5, 5.41) is 10.5. The minimum atomic E-state index is -0.526. The number of carbonyl (C=O) groups is 2. The molecule has 5 nitrogen and oxygen atoms in total. The average molecular weight is 667 g/mol. The van der Waals surface area contributed by atoms with Gasteiger partial charge < -0.3 is 9.64 Å². The van der Waals surface area contributed by atoms with E-state index in [9.17, 15) is 10.1 Å². The van der Waals surface area contributed by atoms with E-state index in [1.807, 2.05) is 18.2 Å². The predicted molar refractivity (Wildman–Crippen MR) is 194 cm³/mol. The van der Waals surface area contributed by atoms with Crippen LogP contribution in [0.5, 0.6) is 0 Å². The van der Waals surface area contributed by atoms with Crippen molar-refractivity contribution in [1.29, 1.82) is 5.26 Å². The quantitative estimate of drug-likeness (QED) is 0.237. The molecule has 10 atom stereocenters. The molecule has 6 aliphatic rings. The van der Waals surface area contributed by atoms with Gasteiger partial charge in [0.25, 0.3) is 0 Å². The SMILES string of the molecule is C=C(C)C1CCC2CCC3(C)C(CCC4C5(C)CCC(OC(C)=O)C(C)(C)C5CCC43C)C21C(=O)N1CCC(C#N)(c2ccccc2)CC1. The Morgan fingerprint density at radius 2 is 1.43 bits per heavy atom. The molecular formula is C44H62N2O3. The number of hydrogen-bond donors (Lipinski definition) is 0. The number of ether oxygens (including phenoxy) is 1. The lowest BCUT2D eigenvalue weighted by Crippen LogP contribution is -2.69. The Bertz CT molecular complexity index is 1530. The van der Waals surface area contributed by atoms with Gasteiger partial charge in [0.05, 0.1) is 16.9 Å². The van der Waals surface area contributed by atoms with Crippen LogP contribution in [0.3, 0.4) is 0 Å². The zero-order valence-corrected chi connectivity index (χ0v) is 31.6. The molecule has 6 fully saturated rings. The van der Waals surface area contributed by atoms with Gasteiger partial charge in [-0.2, -0.15) is 5.26 Å². The maximum Gasteiger partial charge on any atom is 0.302 e. The largest absolute Gasteiger partial charge is 0.462 e. The molecule has 0 bridgehead atoms. The van der Waals surface area contributed by atoms with Crippen LogP contribution >= 0.6 is 0 Å². The molecule has 0 N–H and O–H groups in total. The van der Waals surface area contributed by atoms with E-state index in [1.54, 1.807) is 6.92 Å². The van der Waals surface area contributed by atoms with Crippen LogP contribution < -0.4 is 0 Å². The number of nitrogens with zero attached hydrogens (tertiary/aromatic N) is 2. The van der Waals surface area contributed by atoms with Crippen LogP contribution in [0.4, 0.5) is 0 Å². The standard InChI is InChI=1S/C44H62N2O3/c1-29(2)33-15-14-32-18-22-42(8)36(44(32,33)38(48)46-26-24-43(28-45,25-27-46)31-12-10-9-11-13-31)17-16-35-40(6)21-20-37(49-30(3)47)39(4,5)34(40)19-23-41(35,42)7/h9-13,32-37H,1,14-27H2,2-8H3. The second kappa shape index (κ2) is 11.7. The molecule has 10 unspecified atom stereocenters. The van der Waals surface area contributed by atoms with Crippen molar-refractivity contribution in [3.63, 3.8) is 0 Å². The van der Waals surface area contributed by atoms with Crippen LogP contribution in [0, 0.1) is 68.0 Å². The molecule has 1 heterocycles. The topological polar surface area (TPSA) is 70.4 Å². The number of likely N-dealkylation sites (tertiary alicyclic amines) is 1. The fourth-order valence-electron chi connectivity index (χ4n) is 14.8. The van der Waals surface area contributed by atoms with Gasteiger partial charge in [-0.05, 0) is 135 Å². The Labute approximate surface area is 296 Å². The zero-order valence-electron chi connectivity index (χ0n) is 31.6. The van der Waals surface area contributed by atoms with Crippen LogP contribution in [0.2, 0.25) is 0 Å². The van der Waals surface area contributed by atoms with Crippen molar-refractivity contribution in [3.8, 4) is 6.07 Å². The number of amides is 1. The van der Waals surface area contributed by atoms with Gasteiger partial charge in [0.15, 0.2) is 0 Å². The Balaban J connectivity index is 1.23. The highest BCUT2D eigenvalue weighted by Gasteiger charge is 2.74. The monoisotopic (exact) mass is 666 g/mol. The van der Waals surface area contributed by atoms with Gasteiger partial charge in [-0.1, -0.05) is 77.1 Å². The molecule has 5 saturated carbocycles. The zero-order chi connectivity index (χ0) is 35.2. The van der Waals surface area contributed by atoms with E-state index >= 15 is 4.79 Å². The van der Waals surface area contributed by atoms with Crippen LogP contribution in [0.25, 0.3) is 0 Å². The minimum Gasteiger partial charge on any atom is -0.462 e. The Kier molecular flexibility index (Phi) is 8.32. The van der Waals surface area contributed by atoms with Crippen molar-refractivity contribution >= 4 is 11.9 Å². The first-order chi connectivity index (χ1) is 23.1. The van der Waals surface area contributed by atoms with Gasteiger partial charge >= 0.3 is 5.97 Å². The molecule has 5 heteroatoms.